The summed E-state index contributed by atoms with van der Waals surface area (Å²) in [6.07, 6.45) is 1.55. The zero-order valence-corrected chi connectivity index (χ0v) is 28.5. The molecule has 0 radical (unpaired) electrons. The Bertz CT molecular complexity index is 1980. The van der Waals surface area contributed by atoms with Gasteiger partial charge in [0.25, 0.3) is 5.56 Å². The largest absolute Gasteiger partial charge is 0.491 e. The lowest BCUT2D eigenvalue weighted by Crippen LogP contribution is -2.40. The van der Waals surface area contributed by atoms with Gasteiger partial charge in [-0.05, 0) is 75.2 Å². The Kier molecular flexibility index (Phi) is 10.3. The van der Waals surface area contributed by atoms with Crippen LogP contribution in [0.5, 0.6) is 11.5 Å². The van der Waals surface area contributed by atoms with E-state index in [4.69, 9.17) is 60.6 Å². The Morgan fingerprint density at radius 2 is 1.73 bits per heavy atom. The Labute approximate surface area is 283 Å². The van der Waals surface area contributed by atoms with Gasteiger partial charge in [-0.15, -0.1) is 0 Å². The molecule has 1 aliphatic rings. The van der Waals surface area contributed by atoms with Crippen LogP contribution in [0.15, 0.2) is 75.7 Å². The molecule has 0 fully saturated rings. The molecule has 1 atom stereocenters. The summed E-state index contributed by atoms with van der Waals surface area (Å²) in [5.41, 5.74) is 2.40. The number of hydrogen-bond donors (Lipinski definition) is 0. The summed E-state index contributed by atoms with van der Waals surface area (Å²) in [5, 5.41) is 1.38. The van der Waals surface area contributed by atoms with Crippen LogP contribution < -0.4 is 24.4 Å². The summed E-state index contributed by atoms with van der Waals surface area (Å²) >= 11 is 26.5. The molecule has 0 saturated heterocycles. The first kappa shape index (κ1) is 33.1. The molecule has 5 rings (SSSR count). The van der Waals surface area contributed by atoms with E-state index in [2.05, 4.69) is 4.99 Å². The third-order valence-corrected chi connectivity index (χ3v) is 9.06. The molecule has 4 aromatic rings. The number of rotatable bonds is 9. The number of allylic oxidation sites excluding steroid dienone is 1. The van der Waals surface area contributed by atoms with E-state index in [1.807, 2.05) is 38.1 Å². The van der Waals surface area contributed by atoms with E-state index in [1.54, 1.807) is 50.3 Å². The van der Waals surface area contributed by atoms with Gasteiger partial charge in [0.05, 0.1) is 48.6 Å². The molecule has 0 aliphatic carbocycles. The van der Waals surface area contributed by atoms with Crippen LogP contribution in [0.4, 0.5) is 0 Å². The minimum atomic E-state index is -0.818. The molecular formula is C33H28Cl4N2O5S. The van der Waals surface area contributed by atoms with Crippen LogP contribution in [0.2, 0.25) is 20.1 Å². The second kappa shape index (κ2) is 14.0. The predicted octanol–water partition coefficient (Wildman–Crippen LogP) is 7.78. The number of fused-ring (bicyclic) bond motifs is 1. The van der Waals surface area contributed by atoms with Gasteiger partial charge in [0.2, 0.25) is 0 Å². The van der Waals surface area contributed by atoms with Gasteiger partial charge in [-0.2, -0.15) is 0 Å². The summed E-state index contributed by atoms with van der Waals surface area (Å²) in [5.74, 6) is 0.297. The van der Waals surface area contributed by atoms with E-state index < -0.39 is 12.0 Å². The number of aromatic nitrogens is 1. The van der Waals surface area contributed by atoms with Gasteiger partial charge in [-0.25, -0.2) is 9.79 Å². The average Bonchev–Trinajstić information content (AvgIpc) is 3.27. The summed E-state index contributed by atoms with van der Waals surface area (Å²) in [6, 6.07) is 15.0. The number of ether oxygens (including phenoxy) is 3. The van der Waals surface area contributed by atoms with Gasteiger partial charge >= 0.3 is 5.97 Å². The lowest BCUT2D eigenvalue weighted by molar-refractivity contribution is -0.139. The van der Waals surface area contributed by atoms with E-state index in [0.717, 1.165) is 5.56 Å². The number of halogens is 4. The minimum Gasteiger partial charge on any atom is -0.491 e. The number of carbonyl (C=O) groups excluding carboxylic acids is 1. The molecule has 12 heteroatoms. The lowest BCUT2D eigenvalue weighted by Gasteiger charge is -2.26. The molecule has 45 heavy (non-hydrogen) atoms. The fourth-order valence-corrected chi connectivity index (χ4v) is 6.87. The zero-order chi connectivity index (χ0) is 32.4. The van der Waals surface area contributed by atoms with Gasteiger partial charge in [0.15, 0.2) is 10.6 Å². The Hall–Kier alpha value is -3.27. The van der Waals surface area contributed by atoms with E-state index in [9.17, 15) is 9.59 Å². The molecule has 1 aromatic heterocycles. The second-order valence-corrected chi connectivity index (χ2v) is 13.0. The van der Waals surface area contributed by atoms with E-state index in [1.165, 1.54) is 15.9 Å². The number of hydrogen-bond acceptors (Lipinski definition) is 7. The Morgan fingerprint density at radius 3 is 2.40 bits per heavy atom. The van der Waals surface area contributed by atoms with Crippen LogP contribution in [0.1, 0.15) is 50.4 Å². The van der Waals surface area contributed by atoms with E-state index >= 15 is 0 Å². The molecule has 0 N–H and O–H groups in total. The molecule has 3 aromatic carbocycles. The predicted molar refractivity (Wildman–Crippen MR) is 180 cm³/mol. The third kappa shape index (κ3) is 7.11. The fraction of sp³-hybridized carbons (Fsp3) is 0.242. The first-order chi connectivity index (χ1) is 21.5. The molecular weight excluding hydrogens is 678 g/mol. The van der Waals surface area contributed by atoms with Crippen molar-refractivity contribution in [2.24, 2.45) is 4.99 Å². The number of nitrogens with zero attached hydrogens (tertiary/aromatic N) is 2. The maximum Gasteiger partial charge on any atom is 0.338 e. The van der Waals surface area contributed by atoms with Gasteiger partial charge in [-0.1, -0.05) is 82.0 Å². The van der Waals surface area contributed by atoms with Crippen LogP contribution in [0, 0.1) is 0 Å². The van der Waals surface area contributed by atoms with Crippen molar-refractivity contribution in [2.75, 3.05) is 6.61 Å². The van der Waals surface area contributed by atoms with Crippen molar-refractivity contribution < 1.29 is 19.0 Å². The minimum absolute atomic E-state index is 0.136. The van der Waals surface area contributed by atoms with Gasteiger partial charge in [-0.3, -0.25) is 9.36 Å². The van der Waals surface area contributed by atoms with Crippen LogP contribution in [-0.2, 0) is 16.1 Å². The first-order valence-electron chi connectivity index (χ1n) is 14.0. The molecule has 7 nitrogen and oxygen atoms in total. The number of carbonyl (C=O) groups is 1. The Balaban J connectivity index is 1.57. The maximum absolute atomic E-state index is 14.1. The quantitative estimate of drug-likeness (QED) is 0.166. The van der Waals surface area contributed by atoms with Crippen LogP contribution >= 0.6 is 57.7 Å². The van der Waals surface area contributed by atoms with Crippen molar-refractivity contribution >= 4 is 69.8 Å². The Morgan fingerprint density at radius 1 is 1.02 bits per heavy atom. The zero-order valence-electron chi connectivity index (χ0n) is 24.7. The molecule has 0 amide bonds. The summed E-state index contributed by atoms with van der Waals surface area (Å²) in [6.45, 7) is 7.63. The van der Waals surface area contributed by atoms with Crippen molar-refractivity contribution in [2.45, 2.75) is 46.4 Å². The van der Waals surface area contributed by atoms with Crippen LogP contribution in [-0.4, -0.2) is 23.2 Å². The molecule has 2 heterocycles. The SMILES string of the molecule is CCOC(=O)C1=C(C)N=c2s/c(=C/c3cc(Cl)c(OCc4ccc(Cl)c(Cl)c4)c(Cl)c3)c(=O)n2[C@@H]1c1ccccc1OC(C)C. The van der Waals surface area contributed by atoms with Crippen LogP contribution in [0.3, 0.4) is 0 Å². The smallest absolute Gasteiger partial charge is 0.338 e. The molecule has 1 aliphatic heterocycles. The monoisotopic (exact) mass is 704 g/mol. The van der Waals surface area contributed by atoms with Crippen molar-refractivity contribution in [3.05, 3.63) is 122 Å². The topological polar surface area (TPSA) is 79.1 Å². The summed E-state index contributed by atoms with van der Waals surface area (Å²) in [4.78, 5) is 32.4. The lowest BCUT2D eigenvalue weighted by atomic mass is 9.95. The molecule has 0 unspecified atom stereocenters. The normalized spacial score (nSPS) is 14.8. The number of esters is 1. The average molecular weight is 706 g/mol. The number of para-hydroxylation sites is 1. The number of benzene rings is 3. The van der Waals surface area contributed by atoms with E-state index in [0.29, 0.717) is 47.7 Å². The van der Waals surface area contributed by atoms with Crippen molar-refractivity contribution in [1.29, 1.82) is 0 Å². The summed E-state index contributed by atoms with van der Waals surface area (Å²) < 4.78 is 19.3. The highest BCUT2D eigenvalue weighted by Gasteiger charge is 2.35. The molecule has 0 spiro atoms. The highest BCUT2D eigenvalue weighted by atomic mass is 35.5. The molecule has 0 bridgehead atoms. The highest BCUT2D eigenvalue weighted by Crippen LogP contribution is 2.37. The number of thiazole rings is 1. The molecule has 0 saturated carbocycles. The van der Waals surface area contributed by atoms with Gasteiger partial charge in [0.1, 0.15) is 18.4 Å². The first-order valence-corrected chi connectivity index (χ1v) is 16.3. The summed E-state index contributed by atoms with van der Waals surface area (Å²) in [7, 11) is 0. The molecule has 234 valence electrons. The van der Waals surface area contributed by atoms with Gasteiger partial charge in [0, 0.05) is 5.56 Å². The third-order valence-electron chi connectivity index (χ3n) is 6.78. The van der Waals surface area contributed by atoms with Crippen molar-refractivity contribution in [3.63, 3.8) is 0 Å². The second-order valence-electron chi connectivity index (χ2n) is 10.4. The van der Waals surface area contributed by atoms with Gasteiger partial charge < -0.3 is 14.2 Å². The maximum atomic E-state index is 14.1. The standard InChI is InChI=1S/C33H28Cl4N2O5S/c1-5-42-32(41)28-18(4)38-33-39(29(28)21-8-6-7-9-26(21)44-17(2)3)31(40)27(45-33)15-20-13-24(36)30(25(37)14-20)43-16-19-10-11-22(34)23(35)12-19/h6-15,17,29H,5,16H2,1-4H3/b27-15+/t29-/m1/s1. The fourth-order valence-electron chi connectivity index (χ4n) is 4.89. The van der Waals surface area contributed by atoms with Crippen molar-refractivity contribution in [1.82, 2.24) is 4.57 Å². The van der Waals surface area contributed by atoms with Crippen LogP contribution in [0.25, 0.3) is 6.08 Å². The van der Waals surface area contributed by atoms with E-state index in [-0.39, 0.29) is 40.5 Å². The van der Waals surface area contributed by atoms with Crippen molar-refractivity contribution in [3.8, 4) is 11.5 Å². The highest BCUT2D eigenvalue weighted by molar-refractivity contribution is 7.07.